The molecule has 2 aromatic heterocycles. The molecule has 0 saturated heterocycles. The van der Waals surface area contributed by atoms with Crippen molar-refractivity contribution in [1.82, 2.24) is 9.61 Å². The van der Waals surface area contributed by atoms with Crippen molar-refractivity contribution in [2.75, 3.05) is 0 Å². The van der Waals surface area contributed by atoms with Gasteiger partial charge in [-0.25, -0.2) is 4.52 Å². The second kappa shape index (κ2) is 2.24. The number of fused-ring (bicyclic) bond motifs is 1. The van der Waals surface area contributed by atoms with Crippen LogP contribution < -0.4 is 0 Å². The van der Waals surface area contributed by atoms with E-state index in [2.05, 4.69) is 5.10 Å². The van der Waals surface area contributed by atoms with Gasteiger partial charge in [0.25, 0.3) is 0 Å². The molecule has 12 heavy (non-hydrogen) atoms. The van der Waals surface area contributed by atoms with Crippen molar-refractivity contribution >= 4 is 5.52 Å². The number of nitrogens with zero attached hydrogens (tertiary/aromatic N) is 3. The van der Waals surface area contributed by atoms with Crippen LogP contribution in [-0.4, -0.2) is 14.7 Å². The Kier molecular flexibility index (Phi) is 1.25. The van der Waals surface area contributed by atoms with E-state index in [-0.39, 0.29) is 5.88 Å². The maximum absolute atomic E-state index is 9.03. The molecule has 0 saturated carbocycles. The van der Waals surface area contributed by atoms with E-state index in [9.17, 15) is 0 Å². The van der Waals surface area contributed by atoms with Gasteiger partial charge in [-0.15, -0.1) is 5.10 Å². The fourth-order valence-electron chi connectivity index (χ4n) is 1.06. The van der Waals surface area contributed by atoms with Gasteiger partial charge in [0.1, 0.15) is 11.8 Å². The van der Waals surface area contributed by atoms with Crippen molar-refractivity contribution in [1.29, 1.82) is 5.26 Å². The fourth-order valence-corrected chi connectivity index (χ4v) is 1.06. The smallest absolute Gasteiger partial charge is 0.229 e. The third-order valence-electron chi connectivity index (χ3n) is 1.60. The summed E-state index contributed by atoms with van der Waals surface area (Å²) in [6.07, 6.45) is 0. The van der Waals surface area contributed by atoms with Crippen LogP contribution in [-0.2, 0) is 0 Å². The molecule has 0 amide bonds. The minimum atomic E-state index is -0.0878. The zero-order valence-electron chi connectivity index (χ0n) is 6.10. The largest absolute Gasteiger partial charge is 0.492 e. The lowest BCUT2D eigenvalue weighted by molar-refractivity contribution is 0.442. The Balaban J connectivity index is 2.86. The number of nitriles is 1. The van der Waals surface area contributed by atoms with Gasteiger partial charge < -0.3 is 5.11 Å². The first-order valence-corrected chi connectivity index (χ1v) is 3.39. The number of aromatic hydroxyl groups is 1. The van der Waals surface area contributed by atoms with E-state index in [0.717, 1.165) is 5.52 Å². The molecule has 0 atom stereocenters. The van der Waals surface area contributed by atoms with Crippen LogP contribution in [0.2, 0.25) is 0 Å². The van der Waals surface area contributed by atoms with Crippen LogP contribution in [0.15, 0.2) is 24.3 Å². The summed E-state index contributed by atoms with van der Waals surface area (Å²) < 4.78 is 1.40. The van der Waals surface area contributed by atoms with E-state index in [4.69, 9.17) is 10.4 Å². The molecule has 0 fully saturated rings. The van der Waals surface area contributed by atoms with E-state index in [1.807, 2.05) is 6.07 Å². The minimum Gasteiger partial charge on any atom is -0.492 e. The fraction of sp³-hybridized carbons (Fsp3) is 0. The summed E-state index contributed by atoms with van der Waals surface area (Å²) in [5, 5.41) is 21.4. The summed E-state index contributed by atoms with van der Waals surface area (Å²) in [6, 6.07) is 8.57. The van der Waals surface area contributed by atoms with Crippen molar-refractivity contribution in [2.24, 2.45) is 0 Å². The van der Waals surface area contributed by atoms with E-state index in [1.165, 1.54) is 10.6 Å². The standard InChI is InChI=1S/C8H5N3O/c9-5-7-2-1-6-3-4-8(12)10-11(6)7/h1-4H,(H,10,12). The predicted molar refractivity (Wildman–Crippen MR) is 41.6 cm³/mol. The minimum absolute atomic E-state index is 0.0878. The monoisotopic (exact) mass is 159 g/mol. The first-order chi connectivity index (χ1) is 5.81. The third kappa shape index (κ3) is 0.805. The van der Waals surface area contributed by atoms with Crippen LogP contribution in [0, 0.1) is 11.3 Å². The molecule has 1 N–H and O–H groups in total. The lowest BCUT2D eigenvalue weighted by atomic mass is 10.4. The number of aromatic nitrogens is 2. The Morgan fingerprint density at radius 3 is 2.83 bits per heavy atom. The molecule has 2 heterocycles. The van der Waals surface area contributed by atoms with Crippen LogP contribution in [0.3, 0.4) is 0 Å². The van der Waals surface area contributed by atoms with Gasteiger partial charge in [-0.2, -0.15) is 5.26 Å². The molecule has 4 heteroatoms. The van der Waals surface area contributed by atoms with Crippen LogP contribution in [0.4, 0.5) is 0 Å². The summed E-state index contributed by atoms with van der Waals surface area (Å²) in [5.74, 6) is -0.0878. The molecule has 0 unspecified atom stereocenters. The van der Waals surface area contributed by atoms with E-state index >= 15 is 0 Å². The molecular formula is C8H5N3O. The summed E-state index contributed by atoms with van der Waals surface area (Å²) >= 11 is 0. The summed E-state index contributed by atoms with van der Waals surface area (Å²) in [4.78, 5) is 0. The van der Waals surface area contributed by atoms with Crippen molar-refractivity contribution in [3.8, 4) is 11.9 Å². The summed E-state index contributed by atoms with van der Waals surface area (Å²) in [5.41, 5.74) is 1.21. The molecule has 2 aromatic rings. The molecule has 0 aliphatic heterocycles. The highest BCUT2D eigenvalue weighted by Crippen LogP contribution is 2.10. The SMILES string of the molecule is N#Cc1ccc2ccc(O)nn12. The maximum atomic E-state index is 9.03. The Morgan fingerprint density at radius 2 is 2.08 bits per heavy atom. The average Bonchev–Trinajstić information content (AvgIpc) is 2.46. The normalized spacial score (nSPS) is 9.92. The molecule has 0 aliphatic carbocycles. The zero-order chi connectivity index (χ0) is 8.55. The molecule has 0 spiro atoms. The zero-order valence-corrected chi connectivity index (χ0v) is 6.10. The summed E-state index contributed by atoms with van der Waals surface area (Å²) in [7, 11) is 0. The Bertz CT molecular complexity index is 467. The first-order valence-electron chi connectivity index (χ1n) is 3.39. The van der Waals surface area contributed by atoms with Gasteiger partial charge in [-0.1, -0.05) is 0 Å². The van der Waals surface area contributed by atoms with E-state index in [0.29, 0.717) is 5.69 Å². The van der Waals surface area contributed by atoms with Crippen molar-refractivity contribution in [2.45, 2.75) is 0 Å². The highest BCUT2D eigenvalue weighted by atomic mass is 16.3. The van der Waals surface area contributed by atoms with E-state index < -0.39 is 0 Å². The molecule has 4 nitrogen and oxygen atoms in total. The van der Waals surface area contributed by atoms with Crippen molar-refractivity contribution in [3.05, 3.63) is 30.0 Å². The molecule has 2 rings (SSSR count). The van der Waals surface area contributed by atoms with Gasteiger partial charge in [0.15, 0.2) is 0 Å². The van der Waals surface area contributed by atoms with Crippen LogP contribution >= 0.6 is 0 Å². The molecule has 58 valence electrons. The second-order valence-electron chi connectivity index (χ2n) is 2.36. The van der Waals surface area contributed by atoms with Gasteiger partial charge in [-0.05, 0) is 18.2 Å². The van der Waals surface area contributed by atoms with Crippen LogP contribution in [0.25, 0.3) is 5.52 Å². The molecule has 0 bridgehead atoms. The molecular weight excluding hydrogens is 154 g/mol. The lowest BCUT2D eigenvalue weighted by Crippen LogP contribution is -1.92. The topological polar surface area (TPSA) is 61.3 Å². The average molecular weight is 159 g/mol. The second-order valence-corrected chi connectivity index (χ2v) is 2.36. The summed E-state index contributed by atoms with van der Waals surface area (Å²) in [6.45, 7) is 0. The molecule has 0 radical (unpaired) electrons. The van der Waals surface area contributed by atoms with Gasteiger partial charge in [-0.3, -0.25) is 0 Å². The quantitative estimate of drug-likeness (QED) is 0.621. The van der Waals surface area contributed by atoms with Crippen LogP contribution in [0.5, 0.6) is 5.88 Å². The first kappa shape index (κ1) is 6.68. The third-order valence-corrected chi connectivity index (χ3v) is 1.60. The van der Waals surface area contributed by atoms with E-state index in [1.54, 1.807) is 18.2 Å². The van der Waals surface area contributed by atoms with Gasteiger partial charge >= 0.3 is 0 Å². The Hall–Kier alpha value is -2.02. The van der Waals surface area contributed by atoms with Crippen LogP contribution in [0.1, 0.15) is 5.69 Å². The van der Waals surface area contributed by atoms with Gasteiger partial charge in [0.2, 0.25) is 5.88 Å². The number of hydrogen-bond donors (Lipinski definition) is 1. The van der Waals surface area contributed by atoms with Gasteiger partial charge in [0, 0.05) is 6.07 Å². The number of rotatable bonds is 0. The Labute approximate surface area is 68.3 Å². The predicted octanol–water partition coefficient (Wildman–Crippen LogP) is 0.912. The highest BCUT2D eigenvalue weighted by Gasteiger charge is 2.01. The van der Waals surface area contributed by atoms with Crippen molar-refractivity contribution in [3.63, 3.8) is 0 Å². The van der Waals surface area contributed by atoms with Crippen molar-refractivity contribution < 1.29 is 5.11 Å². The maximum Gasteiger partial charge on any atom is 0.229 e. The van der Waals surface area contributed by atoms with Gasteiger partial charge in [0.05, 0.1) is 5.52 Å². The lowest BCUT2D eigenvalue weighted by Gasteiger charge is -1.94. The molecule has 0 aliphatic rings. The number of hydrogen-bond acceptors (Lipinski definition) is 3. The molecule has 0 aromatic carbocycles. The Morgan fingerprint density at radius 1 is 1.33 bits per heavy atom. The highest BCUT2D eigenvalue weighted by molar-refractivity contribution is 5.51.